The molecule has 0 saturated carbocycles. The molecule has 0 aromatic heterocycles. The zero-order valence-corrected chi connectivity index (χ0v) is 27.7. The van der Waals surface area contributed by atoms with Gasteiger partial charge in [-0.2, -0.15) is 0 Å². The number of carbonyl (C=O) groups is 1. The Morgan fingerprint density at radius 2 is 1.60 bits per heavy atom. The summed E-state index contributed by atoms with van der Waals surface area (Å²) < 4.78 is 5.99. The molecule has 2 aromatic carbocycles. The Kier molecular flexibility index (Phi) is 17.5. The molecule has 2 aromatic rings. The molecule has 1 aliphatic rings. The smallest absolute Gasteiger partial charge is 0.228 e. The lowest BCUT2D eigenvalue weighted by atomic mass is 10.1. The summed E-state index contributed by atoms with van der Waals surface area (Å²) >= 11 is 8.23. The van der Waals surface area contributed by atoms with Crippen LogP contribution < -0.4 is 10.1 Å². The van der Waals surface area contributed by atoms with Gasteiger partial charge >= 0.3 is 0 Å². The molecule has 0 bridgehead atoms. The fourth-order valence-electron chi connectivity index (χ4n) is 4.88. The SMILES string of the molecule is Br.CCCCCCCCCCCCCCOc1cc(CC(=O)Nc2ccccc2CN2C=C(C)SC2)ccc1Cl. The van der Waals surface area contributed by atoms with Crippen LogP contribution in [0.25, 0.3) is 0 Å². The second-order valence-corrected chi connectivity index (χ2v) is 12.2. The van der Waals surface area contributed by atoms with Crippen molar-refractivity contribution in [3.63, 3.8) is 0 Å². The quantitative estimate of drug-likeness (QED) is 0.154. The molecule has 1 aliphatic heterocycles. The van der Waals surface area contributed by atoms with Gasteiger partial charge in [0.25, 0.3) is 0 Å². The number of halogens is 2. The van der Waals surface area contributed by atoms with Gasteiger partial charge in [0.15, 0.2) is 0 Å². The molecule has 0 spiro atoms. The van der Waals surface area contributed by atoms with E-state index in [2.05, 4.69) is 36.3 Å². The number of benzene rings is 2. The predicted octanol–water partition coefficient (Wildman–Crippen LogP) is 10.5. The number of rotatable bonds is 19. The van der Waals surface area contributed by atoms with Crippen molar-refractivity contribution >= 4 is 51.9 Å². The number of unbranched alkanes of at least 4 members (excludes halogenated alkanes) is 11. The van der Waals surface area contributed by atoms with Crippen molar-refractivity contribution in [3.05, 3.63) is 69.7 Å². The summed E-state index contributed by atoms with van der Waals surface area (Å²) in [7, 11) is 0. The van der Waals surface area contributed by atoms with E-state index in [9.17, 15) is 4.79 Å². The highest BCUT2D eigenvalue weighted by Crippen LogP contribution is 2.29. The van der Waals surface area contributed by atoms with E-state index < -0.39 is 0 Å². The average Bonchev–Trinajstić information content (AvgIpc) is 3.34. The van der Waals surface area contributed by atoms with Crippen LogP contribution in [-0.4, -0.2) is 23.3 Å². The lowest BCUT2D eigenvalue weighted by Crippen LogP contribution is -2.18. The van der Waals surface area contributed by atoms with Crippen molar-refractivity contribution in [2.75, 3.05) is 17.8 Å². The molecule has 1 N–H and O–H groups in total. The average molecular weight is 652 g/mol. The maximum Gasteiger partial charge on any atom is 0.228 e. The van der Waals surface area contributed by atoms with Gasteiger partial charge in [0.2, 0.25) is 5.91 Å². The highest BCUT2D eigenvalue weighted by atomic mass is 79.9. The van der Waals surface area contributed by atoms with Crippen LogP contribution in [-0.2, 0) is 17.8 Å². The summed E-state index contributed by atoms with van der Waals surface area (Å²) in [6.07, 6.45) is 18.3. The van der Waals surface area contributed by atoms with E-state index in [4.69, 9.17) is 16.3 Å². The highest BCUT2D eigenvalue weighted by Gasteiger charge is 2.14. The van der Waals surface area contributed by atoms with Gasteiger partial charge in [-0.25, -0.2) is 0 Å². The van der Waals surface area contributed by atoms with Gasteiger partial charge in [-0.05, 0) is 47.6 Å². The lowest BCUT2D eigenvalue weighted by Gasteiger charge is -2.18. The van der Waals surface area contributed by atoms with E-state index in [1.165, 1.54) is 75.5 Å². The summed E-state index contributed by atoms with van der Waals surface area (Å²) in [6, 6.07) is 13.7. The molecule has 0 fully saturated rings. The molecular formula is C33H48BrClN2O2S. The van der Waals surface area contributed by atoms with Crippen LogP contribution in [0.3, 0.4) is 0 Å². The molecule has 1 heterocycles. The Balaban J connectivity index is 0.00000560. The Hall–Kier alpha value is -1.63. The van der Waals surface area contributed by atoms with Gasteiger partial charge in [-0.15, -0.1) is 28.7 Å². The number of nitrogens with zero attached hydrogens (tertiary/aromatic N) is 1. The third kappa shape index (κ3) is 13.4. The second-order valence-electron chi connectivity index (χ2n) is 10.6. The summed E-state index contributed by atoms with van der Waals surface area (Å²) in [5.41, 5.74) is 2.87. The first-order chi connectivity index (χ1) is 19.0. The number of hydrogen-bond donors (Lipinski definition) is 1. The van der Waals surface area contributed by atoms with Crippen molar-refractivity contribution in [1.29, 1.82) is 0 Å². The summed E-state index contributed by atoms with van der Waals surface area (Å²) in [6.45, 7) is 5.83. The topological polar surface area (TPSA) is 41.6 Å². The van der Waals surface area contributed by atoms with Gasteiger partial charge in [0, 0.05) is 18.4 Å². The number of nitrogens with one attached hydrogen (secondary N) is 1. The van der Waals surface area contributed by atoms with Crippen LogP contribution in [0.2, 0.25) is 5.02 Å². The summed E-state index contributed by atoms with van der Waals surface area (Å²) in [5, 5.41) is 3.70. The minimum absolute atomic E-state index is 0. The van der Waals surface area contributed by atoms with Crippen LogP contribution in [0.5, 0.6) is 5.75 Å². The monoisotopic (exact) mass is 650 g/mol. The summed E-state index contributed by atoms with van der Waals surface area (Å²) in [4.78, 5) is 16.5. The normalized spacial score (nSPS) is 12.7. The Morgan fingerprint density at radius 1 is 0.950 bits per heavy atom. The maximum atomic E-state index is 12.9. The molecule has 0 unspecified atom stereocenters. The van der Waals surface area contributed by atoms with Crippen LogP contribution >= 0.6 is 40.3 Å². The highest BCUT2D eigenvalue weighted by molar-refractivity contribution is 8.93. The molecule has 222 valence electrons. The molecular weight excluding hydrogens is 604 g/mol. The van der Waals surface area contributed by atoms with E-state index in [0.29, 0.717) is 17.4 Å². The van der Waals surface area contributed by atoms with E-state index in [0.717, 1.165) is 35.7 Å². The zero-order chi connectivity index (χ0) is 27.7. The minimum Gasteiger partial charge on any atom is -0.492 e. The molecule has 0 atom stereocenters. The van der Waals surface area contributed by atoms with Gasteiger partial charge < -0.3 is 15.0 Å². The Labute approximate surface area is 262 Å². The van der Waals surface area contributed by atoms with Gasteiger partial charge in [-0.3, -0.25) is 4.79 Å². The lowest BCUT2D eigenvalue weighted by molar-refractivity contribution is -0.115. The van der Waals surface area contributed by atoms with E-state index in [-0.39, 0.29) is 29.3 Å². The number of anilines is 1. The van der Waals surface area contributed by atoms with Crippen LogP contribution in [0.15, 0.2) is 53.6 Å². The molecule has 40 heavy (non-hydrogen) atoms. The largest absolute Gasteiger partial charge is 0.492 e. The predicted molar refractivity (Wildman–Crippen MR) is 179 cm³/mol. The number of thioether (sulfide) groups is 1. The van der Waals surface area contributed by atoms with E-state index >= 15 is 0 Å². The van der Waals surface area contributed by atoms with E-state index in [1.807, 2.05) is 48.2 Å². The Morgan fingerprint density at radius 3 is 2.25 bits per heavy atom. The number of amides is 1. The third-order valence-electron chi connectivity index (χ3n) is 7.10. The molecule has 7 heteroatoms. The molecule has 0 aliphatic carbocycles. The van der Waals surface area contributed by atoms with Crippen molar-refractivity contribution in [2.24, 2.45) is 0 Å². The van der Waals surface area contributed by atoms with Crippen LogP contribution in [0.1, 0.15) is 102 Å². The first kappa shape index (κ1) is 34.6. The second kappa shape index (κ2) is 20.3. The minimum atomic E-state index is -0.0424. The molecule has 0 saturated heterocycles. The number of hydrogen-bond acceptors (Lipinski definition) is 4. The molecule has 3 rings (SSSR count). The molecule has 0 radical (unpaired) electrons. The van der Waals surface area contributed by atoms with Crippen molar-refractivity contribution in [3.8, 4) is 5.75 Å². The number of carbonyl (C=O) groups excluding carboxylic acids is 1. The van der Waals surface area contributed by atoms with Gasteiger partial charge in [0.1, 0.15) is 5.75 Å². The standard InChI is InChI=1S/C33H47ClN2O2S.BrH/c1-3-4-5-6-7-8-9-10-11-12-13-16-21-38-32-22-28(19-20-30(32)34)23-33(37)35-31-18-15-14-17-29(31)25-36-24-27(2)39-26-36;/h14-15,17-20,22,24H,3-13,16,21,23,25-26H2,1-2H3,(H,35,37);1H. The molecule has 4 nitrogen and oxygen atoms in total. The van der Waals surface area contributed by atoms with Crippen LogP contribution in [0.4, 0.5) is 5.69 Å². The zero-order valence-electron chi connectivity index (χ0n) is 24.4. The number of ether oxygens (including phenoxy) is 1. The van der Waals surface area contributed by atoms with Gasteiger partial charge in [-0.1, -0.05) is 113 Å². The number of para-hydroxylation sites is 1. The maximum absolute atomic E-state index is 12.9. The Bertz CT molecular complexity index is 1050. The number of allylic oxidation sites excluding steroid dienone is 1. The van der Waals surface area contributed by atoms with Gasteiger partial charge in [0.05, 0.1) is 23.9 Å². The van der Waals surface area contributed by atoms with Crippen molar-refractivity contribution < 1.29 is 9.53 Å². The van der Waals surface area contributed by atoms with Crippen molar-refractivity contribution in [1.82, 2.24) is 4.90 Å². The summed E-state index contributed by atoms with van der Waals surface area (Å²) in [5.74, 6) is 1.57. The van der Waals surface area contributed by atoms with Crippen molar-refractivity contribution in [2.45, 2.75) is 104 Å². The first-order valence-corrected chi connectivity index (χ1v) is 16.3. The fourth-order valence-corrected chi connectivity index (χ4v) is 5.81. The van der Waals surface area contributed by atoms with Crippen LogP contribution in [0, 0.1) is 0 Å². The first-order valence-electron chi connectivity index (χ1n) is 14.9. The third-order valence-corrected chi connectivity index (χ3v) is 8.44. The molecule has 1 amide bonds. The fraction of sp³-hybridized carbons (Fsp3) is 0.545. The van der Waals surface area contributed by atoms with E-state index in [1.54, 1.807) is 0 Å².